The molecule has 0 aliphatic heterocycles. The zero-order valence-electron chi connectivity index (χ0n) is 8.37. The summed E-state index contributed by atoms with van der Waals surface area (Å²) < 4.78 is 28.0. The van der Waals surface area contributed by atoms with Gasteiger partial charge in [-0.05, 0) is 13.0 Å². The summed E-state index contributed by atoms with van der Waals surface area (Å²) in [5.41, 5.74) is 0. The first-order valence-electron chi connectivity index (χ1n) is 4.18. The van der Waals surface area contributed by atoms with Crippen LogP contribution >= 0.6 is 0 Å². The lowest BCUT2D eigenvalue weighted by atomic mass is 10.4. The molecule has 0 aliphatic rings. The molecule has 0 saturated carbocycles. The highest BCUT2D eigenvalue weighted by Gasteiger charge is 2.00. The molecule has 0 fully saturated rings. The lowest BCUT2D eigenvalue weighted by Gasteiger charge is -2.03. The van der Waals surface area contributed by atoms with Gasteiger partial charge in [-0.25, -0.2) is 13.1 Å². The highest BCUT2D eigenvalue weighted by atomic mass is 32.2. The molecule has 0 atom stereocenters. The predicted molar refractivity (Wildman–Crippen MR) is 52.3 cm³/mol. The van der Waals surface area contributed by atoms with Gasteiger partial charge in [0.15, 0.2) is 0 Å². The fraction of sp³-hybridized carbons (Fsp3) is 0.857. The van der Waals surface area contributed by atoms with E-state index in [0.717, 1.165) is 6.26 Å². The van der Waals surface area contributed by atoms with Gasteiger partial charge in [0.05, 0.1) is 19.9 Å². The maximum absolute atomic E-state index is 10.6. The zero-order valence-corrected chi connectivity index (χ0v) is 9.19. The summed E-state index contributed by atoms with van der Waals surface area (Å²) in [6, 6.07) is 0. The van der Waals surface area contributed by atoms with E-state index >= 15 is 0 Å². The fourth-order valence-corrected chi connectivity index (χ4v) is 1.25. The molecule has 0 spiro atoms. The number of sulfonamides is 1. The normalized spacial score (nSPS) is 11.3. The third kappa shape index (κ3) is 9.43. The van der Waals surface area contributed by atoms with Gasteiger partial charge in [0, 0.05) is 6.54 Å². The lowest BCUT2D eigenvalue weighted by molar-refractivity contribution is -0.139. The molecule has 0 rings (SSSR count). The number of carbonyl (C=O) groups excluding carboxylic acids is 1. The third-order valence-corrected chi connectivity index (χ3v) is 2.12. The van der Waals surface area contributed by atoms with Crippen LogP contribution in [0.1, 0.15) is 6.42 Å². The Balaban J connectivity index is 3.27. The Bertz CT molecular complexity index is 263. The summed E-state index contributed by atoms with van der Waals surface area (Å²) in [5, 5.41) is 2.81. The molecule has 7 heteroatoms. The average Bonchev–Trinajstić information content (AvgIpc) is 2.08. The van der Waals surface area contributed by atoms with Crippen LogP contribution in [0, 0.1) is 0 Å². The quantitative estimate of drug-likeness (QED) is 0.414. The van der Waals surface area contributed by atoms with Gasteiger partial charge < -0.3 is 10.1 Å². The summed E-state index contributed by atoms with van der Waals surface area (Å²) in [7, 11) is -1.79. The molecule has 14 heavy (non-hydrogen) atoms. The van der Waals surface area contributed by atoms with Gasteiger partial charge in [0.2, 0.25) is 10.0 Å². The predicted octanol–water partition coefficient (Wildman–Crippen LogP) is -1.31. The van der Waals surface area contributed by atoms with E-state index in [9.17, 15) is 13.2 Å². The van der Waals surface area contributed by atoms with E-state index in [-0.39, 0.29) is 12.5 Å². The molecule has 0 aromatic carbocycles. The van der Waals surface area contributed by atoms with Gasteiger partial charge in [0.25, 0.3) is 0 Å². The smallest absolute Gasteiger partial charge is 0.319 e. The van der Waals surface area contributed by atoms with Crippen molar-refractivity contribution in [3.8, 4) is 0 Å². The van der Waals surface area contributed by atoms with Gasteiger partial charge in [0.1, 0.15) is 0 Å². The Labute approximate surface area is 84.1 Å². The standard InChI is InChI=1S/C7H16N2O4S/c1-13-7(10)6-8-4-3-5-9-14(2,11)12/h8-9H,3-6H2,1-2H3. The lowest BCUT2D eigenvalue weighted by Crippen LogP contribution is -2.29. The van der Waals surface area contributed by atoms with Crippen LogP contribution in [0.2, 0.25) is 0 Å². The average molecular weight is 224 g/mol. The van der Waals surface area contributed by atoms with Gasteiger partial charge in [-0.1, -0.05) is 0 Å². The van der Waals surface area contributed by atoms with Crippen molar-refractivity contribution in [2.75, 3.05) is 33.0 Å². The summed E-state index contributed by atoms with van der Waals surface area (Å²) >= 11 is 0. The Morgan fingerprint density at radius 3 is 2.50 bits per heavy atom. The molecule has 0 aromatic rings. The van der Waals surface area contributed by atoms with Crippen molar-refractivity contribution in [1.82, 2.24) is 10.0 Å². The van der Waals surface area contributed by atoms with Crippen LogP contribution in [0.15, 0.2) is 0 Å². The van der Waals surface area contributed by atoms with Crippen LogP contribution in [0.25, 0.3) is 0 Å². The van der Waals surface area contributed by atoms with Crippen molar-refractivity contribution in [2.24, 2.45) is 0 Å². The Morgan fingerprint density at radius 2 is 2.00 bits per heavy atom. The molecule has 0 aromatic heterocycles. The van der Waals surface area contributed by atoms with Crippen LogP contribution in [0.4, 0.5) is 0 Å². The second kappa shape index (κ2) is 6.74. The minimum Gasteiger partial charge on any atom is -0.468 e. The number of ether oxygens (including phenoxy) is 1. The first-order chi connectivity index (χ1) is 6.45. The molecule has 0 radical (unpaired) electrons. The van der Waals surface area contributed by atoms with Gasteiger partial charge >= 0.3 is 5.97 Å². The van der Waals surface area contributed by atoms with E-state index in [1.54, 1.807) is 0 Å². The van der Waals surface area contributed by atoms with Crippen molar-refractivity contribution in [2.45, 2.75) is 6.42 Å². The van der Waals surface area contributed by atoms with Crippen LogP contribution in [-0.4, -0.2) is 47.4 Å². The van der Waals surface area contributed by atoms with Crippen LogP contribution in [0.3, 0.4) is 0 Å². The molecule has 2 N–H and O–H groups in total. The zero-order chi connectivity index (χ0) is 11.0. The van der Waals surface area contributed by atoms with Crippen molar-refractivity contribution >= 4 is 16.0 Å². The fourth-order valence-electron chi connectivity index (χ4n) is 0.734. The number of methoxy groups -OCH3 is 1. The topological polar surface area (TPSA) is 84.5 Å². The van der Waals surface area contributed by atoms with Crippen molar-refractivity contribution in [3.63, 3.8) is 0 Å². The number of hydrogen-bond acceptors (Lipinski definition) is 5. The van der Waals surface area contributed by atoms with E-state index in [1.165, 1.54) is 7.11 Å². The molecule has 84 valence electrons. The van der Waals surface area contributed by atoms with Crippen molar-refractivity contribution < 1.29 is 17.9 Å². The van der Waals surface area contributed by atoms with Gasteiger partial charge in [-0.15, -0.1) is 0 Å². The maximum atomic E-state index is 10.6. The largest absolute Gasteiger partial charge is 0.468 e. The first-order valence-corrected chi connectivity index (χ1v) is 6.07. The Morgan fingerprint density at radius 1 is 1.36 bits per heavy atom. The number of carbonyl (C=O) groups is 1. The monoisotopic (exact) mass is 224 g/mol. The molecule has 6 nitrogen and oxygen atoms in total. The van der Waals surface area contributed by atoms with E-state index in [1.807, 2.05) is 0 Å². The molecular weight excluding hydrogens is 208 g/mol. The highest BCUT2D eigenvalue weighted by molar-refractivity contribution is 7.88. The van der Waals surface area contributed by atoms with Gasteiger partial charge in [-0.3, -0.25) is 4.79 Å². The number of esters is 1. The maximum Gasteiger partial charge on any atom is 0.319 e. The Hall–Kier alpha value is -0.660. The molecule has 0 heterocycles. The summed E-state index contributed by atoms with van der Waals surface area (Å²) in [5.74, 6) is -0.332. The minimum absolute atomic E-state index is 0.148. The number of nitrogens with one attached hydrogen (secondary N) is 2. The second-order valence-corrected chi connectivity index (χ2v) is 4.61. The highest BCUT2D eigenvalue weighted by Crippen LogP contribution is 1.78. The van der Waals surface area contributed by atoms with E-state index in [2.05, 4.69) is 14.8 Å². The number of hydrogen-bond donors (Lipinski definition) is 2. The minimum atomic E-state index is -3.10. The van der Waals surface area contributed by atoms with Crippen molar-refractivity contribution in [3.05, 3.63) is 0 Å². The summed E-state index contributed by atoms with van der Waals surface area (Å²) in [6.07, 6.45) is 1.74. The molecular formula is C7H16N2O4S. The van der Waals surface area contributed by atoms with Crippen LogP contribution < -0.4 is 10.0 Å². The van der Waals surface area contributed by atoms with Crippen LogP contribution in [0.5, 0.6) is 0 Å². The molecule has 0 unspecified atom stereocenters. The number of rotatable bonds is 7. The summed E-state index contributed by atoms with van der Waals surface area (Å²) in [4.78, 5) is 10.6. The van der Waals surface area contributed by atoms with Gasteiger partial charge in [-0.2, -0.15) is 0 Å². The second-order valence-electron chi connectivity index (χ2n) is 2.77. The molecule has 0 amide bonds. The van der Waals surface area contributed by atoms with E-state index < -0.39 is 10.0 Å². The molecule has 0 bridgehead atoms. The van der Waals surface area contributed by atoms with Crippen LogP contribution in [-0.2, 0) is 19.6 Å². The van der Waals surface area contributed by atoms with E-state index in [0.29, 0.717) is 19.5 Å². The van der Waals surface area contributed by atoms with E-state index in [4.69, 9.17) is 0 Å². The SMILES string of the molecule is COC(=O)CNCCCNS(C)(=O)=O. The van der Waals surface area contributed by atoms with Crippen molar-refractivity contribution in [1.29, 1.82) is 0 Å². The Kier molecular flexibility index (Phi) is 6.43. The molecule has 0 saturated heterocycles. The third-order valence-electron chi connectivity index (χ3n) is 1.39. The summed E-state index contributed by atoms with van der Waals surface area (Å²) in [6.45, 7) is 1.08. The molecule has 0 aliphatic carbocycles. The first kappa shape index (κ1) is 13.3.